The maximum absolute atomic E-state index is 12.7. The van der Waals surface area contributed by atoms with E-state index in [0.717, 1.165) is 11.1 Å². The molecule has 4 rings (SSSR count). The normalized spacial score (nSPS) is 10.5. The van der Waals surface area contributed by atoms with Crippen molar-refractivity contribution < 1.29 is 31.6 Å². The van der Waals surface area contributed by atoms with Gasteiger partial charge < -0.3 is 17.8 Å². The zero-order valence-corrected chi connectivity index (χ0v) is 19.9. The van der Waals surface area contributed by atoms with Gasteiger partial charge >= 0.3 is 23.3 Å². The molecule has 0 atom stereocenters. The Labute approximate surface area is 211 Å². The lowest BCUT2D eigenvalue weighted by Crippen LogP contribution is -2.14. The van der Waals surface area contributed by atoms with Gasteiger partial charge in [0.1, 0.15) is 24.3 Å². The Balaban J connectivity index is 1.40. The van der Waals surface area contributed by atoms with Crippen LogP contribution in [0.1, 0.15) is 31.8 Å². The van der Waals surface area contributed by atoms with Gasteiger partial charge in [-0.05, 0) is 35.4 Å². The van der Waals surface area contributed by atoms with Crippen molar-refractivity contribution in [1.82, 2.24) is 0 Å². The third-order valence-corrected chi connectivity index (χ3v) is 5.59. The molecule has 4 aromatic rings. The molecule has 0 unspecified atom stereocenters. The van der Waals surface area contributed by atoms with E-state index in [1.54, 1.807) is 24.3 Å². The van der Waals surface area contributed by atoms with Crippen LogP contribution in [0.2, 0.25) is 0 Å². The standard InChI is InChI=1S/C28H22O7S/c29-27(32-19-21-11-3-1-4-12-21)23-15-7-9-17-25(23)34-36(31)35-26-18-10-8-16-24(26)28(30)33-20-22-13-5-2-6-14-22/h1-18H,19-20H2. The molecule has 0 aliphatic rings. The largest absolute Gasteiger partial charge is 0.457 e. The predicted octanol–water partition coefficient (Wildman–Crippen LogP) is 5.44. The minimum absolute atomic E-state index is 0.0121. The Bertz CT molecular complexity index is 1240. The van der Waals surface area contributed by atoms with Gasteiger partial charge in [-0.3, -0.25) is 0 Å². The van der Waals surface area contributed by atoms with E-state index in [4.69, 9.17) is 17.8 Å². The molecular formula is C28H22O7S. The van der Waals surface area contributed by atoms with Crippen LogP contribution in [0.5, 0.6) is 11.5 Å². The van der Waals surface area contributed by atoms with Crippen molar-refractivity contribution in [1.29, 1.82) is 0 Å². The predicted molar refractivity (Wildman–Crippen MR) is 133 cm³/mol. The Hall–Kier alpha value is -4.43. The highest BCUT2D eigenvalue weighted by molar-refractivity contribution is 7.76. The minimum Gasteiger partial charge on any atom is -0.457 e. The lowest BCUT2D eigenvalue weighted by molar-refractivity contribution is 0.0462. The monoisotopic (exact) mass is 502 g/mol. The first kappa shape index (κ1) is 24.7. The molecule has 8 heteroatoms. The van der Waals surface area contributed by atoms with Crippen LogP contribution in [-0.2, 0) is 34.0 Å². The van der Waals surface area contributed by atoms with E-state index < -0.39 is 23.3 Å². The van der Waals surface area contributed by atoms with Crippen molar-refractivity contribution in [3.05, 3.63) is 131 Å². The van der Waals surface area contributed by atoms with E-state index in [2.05, 4.69) is 0 Å². The summed E-state index contributed by atoms with van der Waals surface area (Å²) in [6, 6.07) is 30.9. The Morgan fingerprint density at radius 2 is 0.889 bits per heavy atom. The lowest BCUT2D eigenvalue weighted by atomic mass is 10.2. The molecule has 0 radical (unpaired) electrons. The molecule has 182 valence electrons. The number of rotatable bonds is 10. The molecule has 0 spiro atoms. The molecule has 7 nitrogen and oxygen atoms in total. The summed E-state index contributed by atoms with van der Waals surface area (Å²) in [4.78, 5) is 25.2. The fourth-order valence-corrected chi connectivity index (χ4v) is 3.80. The molecule has 4 aromatic carbocycles. The zero-order valence-electron chi connectivity index (χ0n) is 19.1. The van der Waals surface area contributed by atoms with Gasteiger partial charge in [0.25, 0.3) is 0 Å². The number of ether oxygens (including phenoxy) is 2. The maximum atomic E-state index is 12.7. The SMILES string of the molecule is O=C(OCc1ccccc1)c1ccccc1OS(=O)Oc1ccccc1C(=O)OCc1ccccc1. The number of hydrogen-bond donors (Lipinski definition) is 0. The van der Waals surface area contributed by atoms with Gasteiger partial charge in [0.2, 0.25) is 0 Å². The van der Waals surface area contributed by atoms with Gasteiger partial charge in [-0.25, -0.2) is 9.59 Å². The summed E-state index contributed by atoms with van der Waals surface area (Å²) in [6.45, 7) is 0.151. The van der Waals surface area contributed by atoms with Crippen molar-refractivity contribution in [2.24, 2.45) is 0 Å². The second-order valence-corrected chi connectivity index (χ2v) is 8.23. The third-order valence-electron chi connectivity index (χ3n) is 4.96. The fraction of sp³-hybridized carbons (Fsp3) is 0.0714. The highest BCUT2D eigenvalue weighted by atomic mass is 32.2. The third kappa shape index (κ3) is 6.80. The molecule has 0 saturated heterocycles. The van der Waals surface area contributed by atoms with Crippen LogP contribution >= 0.6 is 0 Å². The molecule has 0 amide bonds. The van der Waals surface area contributed by atoms with Gasteiger partial charge in [-0.2, -0.15) is 4.21 Å². The first-order chi connectivity index (χ1) is 17.6. The number of esters is 2. The lowest BCUT2D eigenvalue weighted by Gasteiger charge is -2.12. The quantitative estimate of drug-likeness (QED) is 0.267. The van der Waals surface area contributed by atoms with Gasteiger partial charge in [-0.15, -0.1) is 0 Å². The average molecular weight is 503 g/mol. The first-order valence-electron chi connectivity index (χ1n) is 11.0. The second kappa shape index (κ2) is 12.3. The van der Waals surface area contributed by atoms with Gasteiger partial charge in [0.05, 0.1) is 0 Å². The highest BCUT2D eigenvalue weighted by Gasteiger charge is 2.20. The summed E-state index contributed by atoms with van der Waals surface area (Å²) in [7, 11) is 0. The van der Waals surface area contributed by atoms with Crippen molar-refractivity contribution in [2.75, 3.05) is 0 Å². The van der Waals surface area contributed by atoms with E-state index in [0.29, 0.717) is 0 Å². The summed E-state index contributed by atoms with van der Waals surface area (Å²) >= 11 is -2.37. The van der Waals surface area contributed by atoms with E-state index in [-0.39, 0.29) is 35.8 Å². The molecule has 0 aromatic heterocycles. The molecule has 0 aliphatic carbocycles. The van der Waals surface area contributed by atoms with E-state index in [9.17, 15) is 13.8 Å². The van der Waals surface area contributed by atoms with Crippen LogP contribution in [0.4, 0.5) is 0 Å². The Morgan fingerprint density at radius 3 is 1.31 bits per heavy atom. The topological polar surface area (TPSA) is 88.1 Å². The van der Waals surface area contributed by atoms with Gasteiger partial charge in [0, 0.05) is 0 Å². The van der Waals surface area contributed by atoms with Crippen LogP contribution in [0.15, 0.2) is 109 Å². The summed E-state index contributed by atoms with van der Waals surface area (Å²) in [5, 5.41) is 0. The van der Waals surface area contributed by atoms with Crippen LogP contribution < -0.4 is 8.37 Å². The van der Waals surface area contributed by atoms with Crippen molar-refractivity contribution in [3.8, 4) is 11.5 Å². The van der Waals surface area contributed by atoms with Crippen LogP contribution in [-0.4, -0.2) is 16.1 Å². The molecule has 0 bridgehead atoms. The average Bonchev–Trinajstić information content (AvgIpc) is 2.92. The number of carbonyl (C=O) groups excluding carboxylic acids is 2. The summed E-state index contributed by atoms with van der Waals surface area (Å²) in [5.74, 6) is -1.26. The van der Waals surface area contributed by atoms with E-state index in [1.807, 2.05) is 60.7 Å². The van der Waals surface area contributed by atoms with E-state index in [1.165, 1.54) is 24.3 Å². The number of hydrogen-bond acceptors (Lipinski definition) is 7. The minimum atomic E-state index is -2.37. The van der Waals surface area contributed by atoms with E-state index >= 15 is 0 Å². The van der Waals surface area contributed by atoms with Crippen LogP contribution in [0, 0.1) is 0 Å². The number of para-hydroxylation sites is 2. The van der Waals surface area contributed by atoms with Crippen LogP contribution in [0.3, 0.4) is 0 Å². The molecule has 0 heterocycles. The number of benzene rings is 4. The Morgan fingerprint density at radius 1 is 0.528 bits per heavy atom. The summed E-state index contributed by atoms with van der Waals surface area (Å²) in [6.07, 6.45) is 0. The first-order valence-corrected chi connectivity index (χ1v) is 12.0. The molecule has 0 fully saturated rings. The van der Waals surface area contributed by atoms with Crippen LogP contribution in [0.25, 0.3) is 0 Å². The van der Waals surface area contributed by atoms with Crippen molar-refractivity contribution in [2.45, 2.75) is 13.2 Å². The van der Waals surface area contributed by atoms with Crippen molar-refractivity contribution in [3.63, 3.8) is 0 Å². The highest BCUT2D eigenvalue weighted by Crippen LogP contribution is 2.24. The molecule has 36 heavy (non-hydrogen) atoms. The summed E-state index contributed by atoms with van der Waals surface area (Å²) < 4.78 is 34.1. The Kier molecular flexibility index (Phi) is 8.45. The molecule has 0 N–H and O–H groups in total. The fourth-order valence-electron chi connectivity index (χ4n) is 3.18. The second-order valence-electron chi connectivity index (χ2n) is 7.49. The zero-order chi connectivity index (χ0) is 25.2. The smallest absolute Gasteiger partial charge is 0.417 e. The molecule has 0 aliphatic heterocycles. The van der Waals surface area contributed by atoms with Gasteiger partial charge in [0.15, 0.2) is 11.5 Å². The number of carbonyl (C=O) groups is 2. The molecule has 0 saturated carbocycles. The molecular weight excluding hydrogens is 480 g/mol. The summed E-state index contributed by atoms with van der Waals surface area (Å²) in [5.41, 5.74) is 1.82. The van der Waals surface area contributed by atoms with Gasteiger partial charge in [-0.1, -0.05) is 84.9 Å². The maximum Gasteiger partial charge on any atom is 0.417 e. The van der Waals surface area contributed by atoms with Crippen molar-refractivity contribution >= 4 is 23.3 Å².